The predicted molar refractivity (Wildman–Crippen MR) is 88.1 cm³/mol. The molecule has 0 radical (unpaired) electrons. The van der Waals surface area contributed by atoms with Crippen LogP contribution in [0.4, 0.5) is 5.69 Å². The molecule has 2 aromatic rings. The zero-order chi connectivity index (χ0) is 18.2. The van der Waals surface area contributed by atoms with Crippen molar-refractivity contribution >= 4 is 23.1 Å². The van der Waals surface area contributed by atoms with Crippen molar-refractivity contribution in [2.24, 2.45) is 0 Å². The lowest BCUT2D eigenvalue weighted by Gasteiger charge is -2.29. The topological polar surface area (TPSA) is 128 Å². The number of fused-ring (bicyclic) bond motifs is 1. The van der Waals surface area contributed by atoms with Crippen LogP contribution in [0.2, 0.25) is 0 Å². The molecule has 3 rings (SSSR count). The van der Waals surface area contributed by atoms with Crippen LogP contribution in [0, 0.1) is 11.3 Å². The molecule has 9 nitrogen and oxygen atoms in total. The number of hydrogen-bond acceptors (Lipinski definition) is 7. The summed E-state index contributed by atoms with van der Waals surface area (Å²) in [6, 6.07) is 6.80. The lowest BCUT2D eigenvalue weighted by atomic mass is 10.1. The summed E-state index contributed by atoms with van der Waals surface area (Å²) in [7, 11) is 0. The quantitative estimate of drug-likeness (QED) is 0.642. The SMILES string of the molecule is CC(C)(C)N1C(=O)c2ccc(NC=C(C#N)c3nn[nH]n3)cc2C1=O. The molecule has 0 fully saturated rings. The molecular weight excluding hydrogens is 322 g/mol. The molecule has 0 atom stereocenters. The van der Waals surface area contributed by atoms with Crippen molar-refractivity contribution in [1.82, 2.24) is 25.5 Å². The Morgan fingerprint density at radius 2 is 2.00 bits per heavy atom. The Kier molecular flexibility index (Phi) is 3.81. The minimum absolute atomic E-state index is 0.154. The van der Waals surface area contributed by atoms with Crippen molar-refractivity contribution < 1.29 is 9.59 Å². The maximum Gasteiger partial charge on any atom is 0.262 e. The highest BCUT2D eigenvalue weighted by atomic mass is 16.2. The van der Waals surface area contributed by atoms with Crippen molar-refractivity contribution in [3.63, 3.8) is 0 Å². The highest BCUT2D eigenvalue weighted by molar-refractivity contribution is 6.22. The van der Waals surface area contributed by atoms with E-state index in [0.717, 1.165) is 0 Å². The first kappa shape index (κ1) is 16.3. The molecule has 2 amide bonds. The molecule has 1 aromatic carbocycles. The number of benzene rings is 1. The van der Waals surface area contributed by atoms with Crippen LogP contribution in [0.5, 0.6) is 0 Å². The van der Waals surface area contributed by atoms with Crippen molar-refractivity contribution in [3.05, 3.63) is 41.4 Å². The van der Waals surface area contributed by atoms with E-state index in [2.05, 4.69) is 25.9 Å². The van der Waals surface area contributed by atoms with Crippen molar-refractivity contribution in [1.29, 1.82) is 5.26 Å². The molecule has 2 N–H and O–H groups in total. The second-order valence-electron chi connectivity index (χ2n) is 6.43. The van der Waals surface area contributed by atoms with Gasteiger partial charge in [0.1, 0.15) is 11.6 Å². The van der Waals surface area contributed by atoms with Gasteiger partial charge in [-0.15, -0.1) is 10.2 Å². The molecule has 2 heterocycles. The fourth-order valence-corrected chi connectivity index (χ4v) is 2.52. The summed E-state index contributed by atoms with van der Waals surface area (Å²) in [4.78, 5) is 26.2. The van der Waals surface area contributed by atoms with E-state index in [1.807, 2.05) is 6.07 Å². The fourth-order valence-electron chi connectivity index (χ4n) is 2.52. The Morgan fingerprint density at radius 1 is 1.28 bits per heavy atom. The van der Waals surface area contributed by atoms with Gasteiger partial charge in [0.15, 0.2) is 0 Å². The molecule has 1 aromatic heterocycles. The van der Waals surface area contributed by atoms with Crippen molar-refractivity contribution in [2.75, 3.05) is 5.32 Å². The van der Waals surface area contributed by atoms with Gasteiger partial charge in [0.05, 0.1) is 11.1 Å². The number of carbonyl (C=O) groups is 2. The van der Waals surface area contributed by atoms with E-state index in [1.54, 1.807) is 39.0 Å². The number of anilines is 1. The van der Waals surface area contributed by atoms with E-state index in [9.17, 15) is 9.59 Å². The Bertz CT molecular complexity index is 917. The van der Waals surface area contributed by atoms with Gasteiger partial charge in [-0.1, -0.05) is 0 Å². The first-order valence-electron chi connectivity index (χ1n) is 7.46. The van der Waals surface area contributed by atoms with Gasteiger partial charge in [-0.3, -0.25) is 14.5 Å². The number of imide groups is 1. The lowest BCUT2D eigenvalue weighted by molar-refractivity contribution is 0.0508. The van der Waals surface area contributed by atoms with Crippen LogP contribution < -0.4 is 5.32 Å². The van der Waals surface area contributed by atoms with Gasteiger partial charge < -0.3 is 5.32 Å². The normalized spacial score (nSPS) is 14.5. The van der Waals surface area contributed by atoms with E-state index in [4.69, 9.17) is 5.26 Å². The number of aromatic nitrogens is 4. The molecule has 25 heavy (non-hydrogen) atoms. The summed E-state index contributed by atoms with van der Waals surface area (Å²) in [5.41, 5.74) is 0.831. The number of rotatable bonds is 3. The van der Waals surface area contributed by atoms with Gasteiger partial charge in [0, 0.05) is 17.4 Å². The number of nitriles is 1. The van der Waals surface area contributed by atoms with Crippen molar-refractivity contribution in [3.8, 4) is 6.07 Å². The molecule has 0 aliphatic carbocycles. The number of amides is 2. The average molecular weight is 337 g/mol. The molecule has 9 heteroatoms. The Labute approximate surface area is 143 Å². The van der Waals surface area contributed by atoms with E-state index in [0.29, 0.717) is 16.8 Å². The molecular formula is C16H15N7O2. The van der Waals surface area contributed by atoms with E-state index in [-0.39, 0.29) is 23.2 Å². The smallest absolute Gasteiger partial charge is 0.262 e. The summed E-state index contributed by atoms with van der Waals surface area (Å²) in [6.45, 7) is 5.42. The number of nitrogens with one attached hydrogen (secondary N) is 2. The van der Waals surface area contributed by atoms with Crippen LogP contribution in [0.3, 0.4) is 0 Å². The number of H-pyrrole nitrogens is 1. The molecule has 0 unspecified atom stereocenters. The second-order valence-corrected chi connectivity index (χ2v) is 6.43. The highest BCUT2D eigenvalue weighted by Gasteiger charge is 2.41. The van der Waals surface area contributed by atoms with Gasteiger partial charge in [0.2, 0.25) is 5.82 Å². The van der Waals surface area contributed by atoms with Crippen molar-refractivity contribution in [2.45, 2.75) is 26.3 Å². The second kappa shape index (κ2) is 5.83. The summed E-state index contributed by atoms with van der Waals surface area (Å²) >= 11 is 0. The summed E-state index contributed by atoms with van der Waals surface area (Å²) < 4.78 is 0. The number of carbonyl (C=O) groups excluding carboxylic acids is 2. The van der Waals surface area contributed by atoms with Gasteiger partial charge in [-0.05, 0) is 44.2 Å². The first-order chi connectivity index (χ1) is 11.8. The molecule has 0 bridgehead atoms. The fraction of sp³-hybridized carbons (Fsp3) is 0.250. The highest BCUT2D eigenvalue weighted by Crippen LogP contribution is 2.31. The molecule has 0 saturated carbocycles. The number of hydrogen-bond donors (Lipinski definition) is 2. The maximum atomic E-state index is 12.6. The third-order valence-electron chi connectivity index (χ3n) is 3.65. The van der Waals surface area contributed by atoms with E-state index in [1.165, 1.54) is 11.1 Å². The van der Waals surface area contributed by atoms with Gasteiger partial charge >= 0.3 is 0 Å². The van der Waals surface area contributed by atoms with E-state index >= 15 is 0 Å². The average Bonchev–Trinajstić information content (AvgIpc) is 3.15. The molecule has 0 spiro atoms. The van der Waals surface area contributed by atoms with Crippen LogP contribution >= 0.6 is 0 Å². The van der Waals surface area contributed by atoms with Gasteiger partial charge in [0.25, 0.3) is 11.8 Å². The van der Waals surface area contributed by atoms with Crippen LogP contribution in [0.15, 0.2) is 24.4 Å². The summed E-state index contributed by atoms with van der Waals surface area (Å²) in [6.07, 6.45) is 1.41. The monoisotopic (exact) mass is 337 g/mol. The molecule has 1 aliphatic rings. The third-order valence-corrected chi connectivity index (χ3v) is 3.65. The number of allylic oxidation sites excluding steroid dienone is 1. The summed E-state index contributed by atoms with van der Waals surface area (Å²) in [5, 5.41) is 25.2. The minimum Gasteiger partial charge on any atom is -0.360 e. The standard InChI is InChI=1S/C16H15N7O2/c1-16(2,3)23-14(24)11-5-4-10(6-12(11)15(23)25)18-8-9(7-17)13-19-21-22-20-13/h4-6,8,18H,1-3H3,(H,19,20,21,22). The zero-order valence-corrected chi connectivity index (χ0v) is 13.9. The Morgan fingerprint density at radius 3 is 2.60 bits per heavy atom. The van der Waals surface area contributed by atoms with Crippen LogP contribution in [0.25, 0.3) is 5.57 Å². The van der Waals surface area contributed by atoms with Crippen LogP contribution in [0.1, 0.15) is 47.3 Å². The molecule has 1 aliphatic heterocycles. The molecule has 0 saturated heterocycles. The molecule has 126 valence electrons. The number of tetrazole rings is 1. The number of nitrogens with zero attached hydrogens (tertiary/aromatic N) is 5. The zero-order valence-electron chi connectivity index (χ0n) is 13.9. The first-order valence-corrected chi connectivity index (χ1v) is 7.46. The van der Waals surface area contributed by atoms with E-state index < -0.39 is 5.54 Å². The lowest BCUT2D eigenvalue weighted by Crippen LogP contribution is -2.45. The largest absolute Gasteiger partial charge is 0.360 e. The van der Waals surface area contributed by atoms with Gasteiger partial charge in [-0.2, -0.15) is 10.5 Å². The predicted octanol–water partition coefficient (Wildman–Crippen LogP) is 1.57. The summed E-state index contributed by atoms with van der Waals surface area (Å²) in [5.74, 6) is -0.487. The van der Waals surface area contributed by atoms with Crippen LogP contribution in [-0.2, 0) is 0 Å². The third kappa shape index (κ3) is 2.85. The Balaban J connectivity index is 1.89. The minimum atomic E-state index is -0.604. The number of aromatic amines is 1. The van der Waals surface area contributed by atoms with Gasteiger partial charge in [-0.25, -0.2) is 0 Å². The maximum absolute atomic E-state index is 12.6. The van der Waals surface area contributed by atoms with Crippen LogP contribution in [-0.4, -0.2) is 42.9 Å². The Hall–Kier alpha value is -3.54.